The maximum atomic E-state index is 11.2. The molecule has 0 saturated heterocycles. The van der Waals surface area contributed by atoms with Gasteiger partial charge in [0.15, 0.2) is 27.1 Å². The molecule has 0 aromatic carbocycles. The number of carbonyl (C=O) groups excluding carboxylic acids is 1. The third-order valence-corrected chi connectivity index (χ3v) is 16.1. The second kappa shape index (κ2) is 13.9. The fourth-order valence-electron chi connectivity index (χ4n) is 3.58. The Kier molecular flexibility index (Phi) is 13.7. The van der Waals surface area contributed by atoms with Crippen LogP contribution in [0.1, 0.15) is 60.8 Å². The molecular formula is C20H44O5Si3. The summed E-state index contributed by atoms with van der Waals surface area (Å²) in [4.78, 5) is 11.2. The summed E-state index contributed by atoms with van der Waals surface area (Å²) in [6.45, 7) is 17.2. The number of hydrogen-bond donors (Lipinski definition) is 0. The molecule has 0 aliphatic heterocycles. The molecular weight excluding hydrogens is 404 g/mol. The molecule has 0 unspecified atom stereocenters. The summed E-state index contributed by atoms with van der Waals surface area (Å²) in [6.07, 6.45) is 3.48. The Hall–Kier alpha value is -0.259. The van der Waals surface area contributed by atoms with Gasteiger partial charge in [-0.3, -0.25) is 0 Å². The van der Waals surface area contributed by atoms with E-state index in [1.165, 1.54) is 6.08 Å². The lowest BCUT2D eigenvalue weighted by Gasteiger charge is -2.46. The van der Waals surface area contributed by atoms with Crippen LogP contribution in [-0.4, -0.2) is 45.7 Å². The van der Waals surface area contributed by atoms with Gasteiger partial charge in [-0.1, -0.05) is 48.1 Å². The van der Waals surface area contributed by atoms with Gasteiger partial charge in [0.2, 0.25) is 0 Å². The van der Waals surface area contributed by atoms with Gasteiger partial charge in [-0.15, -0.1) is 0 Å². The monoisotopic (exact) mass is 448 g/mol. The molecule has 28 heavy (non-hydrogen) atoms. The first kappa shape index (κ1) is 27.7. The molecule has 0 amide bonds. The quantitative estimate of drug-likeness (QED) is 0.104. The van der Waals surface area contributed by atoms with Crippen molar-refractivity contribution in [2.75, 3.05) is 6.61 Å². The second-order valence-corrected chi connectivity index (χ2v) is 17.2. The van der Waals surface area contributed by atoms with Crippen molar-refractivity contribution in [2.45, 2.75) is 103 Å². The van der Waals surface area contributed by atoms with E-state index in [0.717, 1.165) is 49.1 Å². The van der Waals surface area contributed by atoms with Crippen molar-refractivity contribution in [3.05, 3.63) is 12.7 Å². The van der Waals surface area contributed by atoms with Gasteiger partial charge in [0.05, 0.1) is 6.61 Å². The van der Waals surface area contributed by atoms with E-state index in [2.05, 4.69) is 48.1 Å². The highest BCUT2D eigenvalue weighted by Gasteiger charge is 2.46. The van der Waals surface area contributed by atoms with Crippen LogP contribution in [0.3, 0.4) is 0 Å². The molecule has 0 spiro atoms. The van der Waals surface area contributed by atoms with Crippen LogP contribution in [0.5, 0.6) is 0 Å². The van der Waals surface area contributed by atoms with Crippen LogP contribution < -0.4 is 0 Å². The number of rotatable bonds is 17. The van der Waals surface area contributed by atoms with E-state index >= 15 is 0 Å². The first-order chi connectivity index (χ1) is 13.3. The standard InChI is InChI=1S/C20H44O5Si3/c1-8-19(21)22-18-16-15-17-20(23-26,24-27(9-2,10-3)11-4)25-28(12-5,13-6)14-7/h8H,1,9-18H2,2-7,26H3. The molecule has 0 atom stereocenters. The summed E-state index contributed by atoms with van der Waals surface area (Å²) >= 11 is 0. The number of ether oxygens (including phenoxy) is 1. The van der Waals surface area contributed by atoms with Crippen LogP contribution in [0.25, 0.3) is 0 Å². The summed E-state index contributed by atoms with van der Waals surface area (Å²) < 4.78 is 25.0. The molecule has 0 aromatic heterocycles. The highest BCUT2D eigenvalue weighted by Crippen LogP contribution is 2.37. The summed E-state index contributed by atoms with van der Waals surface area (Å²) in [5, 5.41) is 0. The predicted octanol–water partition coefficient (Wildman–Crippen LogP) is 4.88. The molecule has 8 heteroatoms. The number of hydrogen-bond acceptors (Lipinski definition) is 5. The van der Waals surface area contributed by atoms with Crippen LogP contribution in [0.15, 0.2) is 12.7 Å². The first-order valence-corrected chi connectivity index (χ1v) is 16.9. The summed E-state index contributed by atoms with van der Waals surface area (Å²) in [5.41, 5.74) is 0. The van der Waals surface area contributed by atoms with Crippen LogP contribution in [-0.2, 0) is 22.8 Å². The normalized spacial score (nSPS) is 12.9. The van der Waals surface area contributed by atoms with Crippen LogP contribution >= 0.6 is 0 Å². The minimum absolute atomic E-state index is 0.373. The van der Waals surface area contributed by atoms with Gasteiger partial charge in [-0.25, -0.2) is 4.79 Å². The van der Waals surface area contributed by atoms with Gasteiger partial charge >= 0.3 is 5.97 Å². The third kappa shape index (κ3) is 8.24. The van der Waals surface area contributed by atoms with E-state index in [9.17, 15) is 4.79 Å². The van der Waals surface area contributed by atoms with Crippen molar-refractivity contribution in [1.82, 2.24) is 0 Å². The average molecular weight is 449 g/mol. The maximum Gasteiger partial charge on any atom is 0.330 e. The summed E-state index contributed by atoms with van der Waals surface area (Å²) in [7, 11) is -3.26. The van der Waals surface area contributed by atoms with Crippen molar-refractivity contribution >= 4 is 33.1 Å². The number of esters is 1. The topological polar surface area (TPSA) is 54.0 Å². The molecule has 5 nitrogen and oxygen atoms in total. The molecule has 0 fully saturated rings. The molecule has 0 bridgehead atoms. The van der Waals surface area contributed by atoms with E-state index in [0.29, 0.717) is 23.5 Å². The van der Waals surface area contributed by atoms with E-state index in [1.807, 2.05) is 0 Å². The largest absolute Gasteiger partial charge is 0.463 e. The maximum absolute atomic E-state index is 11.2. The third-order valence-electron chi connectivity index (χ3n) is 6.21. The first-order valence-electron chi connectivity index (χ1n) is 11.0. The van der Waals surface area contributed by atoms with Gasteiger partial charge in [0, 0.05) is 12.5 Å². The Morgan fingerprint density at radius 1 is 0.893 bits per heavy atom. The van der Waals surface area contributed by atoms with E-state index in [-0.39, 0.29) is 5.97 Å². The Labute approximate surface area is 178 Å². The van der Waals surface area contributed by atoms with Gasteiger partial charge < -0.3 is 18.0 Å². The predicted molar refractivity (Wildman–Crippen MR) is 125 cm³/mol. The number of carbonyl (C=O) groups is 1. The Morgan fingerprint density at radius 3 is 1.64 bits per heavy atom. The van der Waals surface area contributed by atoms with Crippen LogP contribution in [0, 0.1) is 0 Å². The summed E-state index contributed by atoms with van der Waals surface area (Å²) in [6, 6.07) is 6.37. The van der Waals surface area contributed by atoms with Crippen molar-refractivity contribution in [3.63, 3.8) is 0 Å². The van der Waals surface area contributed by atoms with Gasteiger partial charge in [-0.05, 0) is 49.1 Å². The molecule has 0 aliphatic carbocycles. The molecule has 0 heterocycles. The smallest absolute Gasteiger partial charge is 0.330 e. The van der Waals surface area contributed by atoms with Gasteiger partial charge in [0.1, 0.15) is 0 Å². The average Bonchev–Trinajstić information content (AvgIpc) is 2.75. The van der Waals surface area contributed by atoms with Crippen molar-refractivity contribution in [2.24, 2.45) is 0 Å². The van der Waals surface area contributed by atoms with E-state index in [4.69, 9.17) is 18.0 Å². The highest BCUT2D eigenvalue weighted by molar-refractivity contribution is 6.74. The Morgan fingerprint density at radius 2 is 1.32 bits per heavy atom. The van der Waals surface area contributed by atoms with E-state index in [1.54, 1.807) is 0 Å². The lowest BCUT2D eigenvalue weighted by atomic mass is 10.2. The molecule has 0 aliphatic rings. The zero-order chi connectivity index (χ0) is 21.7. The van der Waals surface area contributed by atoms with Crippen molar-refractivity contribution < 1.29 is 22.8 Å². The summed E-state index contributed by atoms with van der Waals surface area (Å²) in [5.74, 6) is -1.29. The van der Waals surface area contributed by atoms with Crippen molar-refractivity contribution in [1.29, 1.82) is 0 Å². The molecule has 0 radical (unpaired) electrons. The van der Waals surface area contributed by atoms with Crippen LogP contribution in [0.2, 0.25) is 36.3 Å². The molecule has 0 saturated carbocycles. The molecule has 0 rings (SSSR count). The minimum Gasteiger partial charge on any atom is -0.463 e. The fraction of sp³-hybridized carbons (Fsp3) is 0.850. The van der Waals surface area contributed by atoms with Crippen LogP contribution in [0.4, 0.5) is 0 Å². The zero-order valence-corrected chi connectivity index (χ0v) is 23.4. The van der Waals surface area contributed by atoms with Crippen molar-refractivity contribution in [3.8, 4) is 0 Å². The fourth-order valence-corrected chi connectivity index (χ4v) is 10.0. The van der Waals surface area contributed by atoms with Gasteiger partial charge in [-0.2, -0.15) is 0 Å². The highest BCUT2D eigenvalue weighted by atomic mass is 28.4. The Balaban J connectivity index is 5.46. The minimum atomic E-state index is -1.91. The number of unbranched alkanes of at least 4 members (excludes halogenated alkanes) is 1. The molecule has 0 N–H and O–H groups in total. The SMILES string of the molecule is C=CC(=O)OCCCCC(O[SiH3])(O[Si](CC)(CC)CC)O[Si](CC)(CC)CC. The zero-order valence-electron chi connectivity index (χ0n) is 19.4. The van der Waals surface area contributed by atoms with E-state index < -0.39 is 22.6 Å². The molecule has 0 aromatic rings. The Bertz CT molecular complexity index is 413. The second-order valence-electron chi connectivity index (χ2n) is 7.41. The lowest BCUT2D eigenvalue weighted by Crippen LogP contribution is -2.56. The molecule has 166 valence electrons. The lowest BCUT2D eigenvalue weighted by molar-refractivity contribution is -0.270. The van der Waals surface area contributed by atoms with Gasteiger partial charge in [0.25, 0.3) is 5.97 Å².